The number of rotatable bonds is 7. The van der Waals surface area contributed by atoms with E-state index < -0.39 is 0 Å². The van der Waals surface area contributed by atoms with Gasteiger partial charge in [-0.25, -0.2) is 0 Å². The third-order valence-electron chi connectivity index (χ3n) is 4.92. The first kappa shape index (κ1) is 21.9. The van der Waals surface area contributed by atoms with Gasteiger partial charge in [0.05, 0.1) is 12.3 Å². The Kier molecular flexibility index (Phi) is 7.17. The molecule has 0 amide bonds. The van der Waals surface area contributed by atoms with E-state index in [1.165, 1.54) is 0 Å². The van der Waals surface area contributed by atoms with Gasteiger partial charge < -0.3 is 4.90 Å². The van der Waals surface area contributed by atoms with Gasteiger partial charge in [-0.05, 0) is 41.5 Å². The lowest BCUT2D eigenvalue weighted by atomic mass is 9.70. The molecule has 2 aromatic carbocycles. The van der Waals surface area contributed by atoms with E-state index in [4.69, 9.17) is 0 Å². The van der Waals surface area contributed by atoms with E-state index in [1.807, 2.05) is 12.1 Å². The summed E-state index contributed by atoms with van der Waals surface area (Å²) in [5.41, 5.74) is 3.65. The van der Waals surface area contributed by atoms with Gasteiger partial charge in [-0.1, -0.05) is 77.9 Å². The van der Waals surface area contributed by atoms with Crippen molar-refractivity contribution in [2.75, 3.05) is 11.4 Å². The van der Waals surface area contributed by atoms with E-state index in [9.17, 15) is 0 Å². The third-order valence-corrected chi connectivity index (χ3v) is 4.92. The highest BCUT2D eigenvalue weighted by molar-refractivity contribution is 5.93. The Morgan fingerprint density at radius 3 is 1.68 bits per heavy atom. The molecule has 0 radical (unpaired) electrons. The average Bonchev–Trinajstić information content (AvgIpc) is 2.63. The molecule has 1 atom stereocenters. The van der Waals surface area contributed by atoms with Crippen LogP contribution in [-0.2, 0) is 0 Å². The van der Waals surface area contributed by atoms with Crippen molar-refractivity contribution < 1.29 is 0 Å². The quantitative estimate of drug-likeness (QED) is 0.378. The zero-order valence-electron chi connectivity index (χ0n) is 18.3. The fourth-order valence-electron chi connectivity index (χ4n) is 3.55. The van der Waals surface area contributed by atoms with Crippen LogP contribution in [-0.4, -0.2) is 19.0 Å². The number of anilines is 2. The number of nitrogens with zero attached hydrogens (tertiary/aromatic N) is 3. The lowest BCUT2D eigenvalue weighted by molar-refractivity contribution is 0.221. The van der Waals surface area contributed by atoms with Gasteiger partial charge in [-0.3, -0.25) is 0 Å². The minimum Gasteiger partial charge on any atom is -0.336 e. The molecule has 0 aromatic heterocycles. The van der Waals surface area contributed by atoms with Crippen LogP contribution >= 0.6 is 0 Å². The van der Waals surface area contributed by atoms with Crippen molar-refractivity contribution in [3.63, 3.8) is 0 Å². The first-order chi connectivity index (χ1) is 13.1. The van der Waals surface area contributed by atoms with Crippen LogP contribution in [0.3, 0.4) is 0 Å². The first-order valence-electron chi connectivity index (χ1n) is 10.0. The van der Waals surface area contributed by atoms with Gasteiger partial charge >= 0.3 is 0 Å². The Labute approximate surface area is 171 Å². The smallest absolute Gasteiger partial charge is 0.0639 e. The molecule has 3 heteroatoms. The predicted molar refractivity (Wildman–Crippen MR) is 124 cm³/mol. The summed E-state index contributed by atoms with van der Waals surface area (Å²) in [7, 11) is 0. The zero-order valence-corrected chi connectivity index (χ0v) is 18.3. The van der Waals surface area contributed by atoms with Gasteiger partial charge in [0, 0.05) is 24.0 Å². The second-order valence-electron chi connectivity index (χ2n) is 9.67. The molecule has 2 rings (SSSR count). The molecule has 3 nitrogen and oxygen atoms in total. The summed E-state index contributed by atoms with van der Waals surface area (Å²) in [5, 5.41) is 8.51. The summed E-state index contributed by atoms with van der Waals surface area (Å²) < 4.78 is 0. The largest absolute Gasteiger partial charge is 0.336 e. The molecule has 150 valence electrons. The van der Waals surface area contributed by atoms with Crippen molar-refractivity contribution in [1.29, 1.82) is 0 Å². The van der Waals surface area contributed by atoms with E-state index in [0.29, 0.717) is 12.5 Å². The van der Waals surface area contributed by atoms with Crippen LogP contribution < -0.4 is 4.90 Å². The van der Waals surface area contributed by atoms with Gasteiger partial charge in [0.15, 0.2) is 0 Å². The van der Waals surface area contributed by atoms with Crippen LogP contribution in [0.1, 0.15) is 48.0 Å². The Morgan fingerprint density at radius 2 is 1.32 bits per heavy atom. The molecular formula is C25H35N3. The van der Waals surface area contributed by atoms with Crippen molar-refractivity contribution in [2.24, 2.45) is 27.0 Å². The highest BCUT2D eigenvalue weighted by atomic mass is 15.2. The van der Waals surface area contributed by atoms with Crippen LogP contribution in [0.5, 0.6) is 0 Å². The molecular weight excluding hydrogens is 342 g/mol. The summed E-state index contributed by atoms with van der Waals surface area (Å²) in [6.07, 6.45) is 1.04. The van der Waals surface area contributed by atoms with Crippen LogP contribution in [0.25, 0.3) is 0 Å². The fraction of sp³-hybridized carbons (Fsp3) is 0.440. The molecule has 1 unspecified atom stereocenters. The Morgan fingerprint density at radius 1 is 0.857 bits per heavy atom. The highest BCUT2D eigenvalue weighted by Crippen LogP contribution is 2.38. The topological polar surface area (TPSA) is 28.0 Å². The van der Waals surface area contributed by atoms with Crippen molar-refractivity contribution in [2.45, 2.75) is 48.0 Å². The molecule has 0 spiro atoms. The standard InChI is InChI=1S/C25H35N3/c1-24(2,3)18-22(25(4,5)6)23(27-26-7)19-28(20-14-10-8-11-15-20)21-16-12-9-13-17-21/h8-17,22H,7,18-19H2,1-6H3/b27-23+. The summed E-state index contributed by atoms with van der Waals surface area (Å²) in [6, 6.07) is 20.9. The molecule has 0 aliphatic rings. The number of para-hydroxylation sites is 2. The Hall–Kier alpha value is -2.42. The molecule has 0 fully saturated rings. The number of benzene rings is 2. The van der Waals surface area contributed by atoms with Crippen LogP contribution in [0.4, 0.5) is 11.4 Å². The van der Waals surface area contributed by atoms with E-state index >= 15 is 0 Å². The zero-order chi connectivity index (χ0) is 20.8. The fourth-order valence-corrected chi connectivity index (χ4v) is 3.55. The van der Waals surface area contributed by atoms with Crippen LogP contribution in [0, 0.1) is 16.7 Å². The maximum Gasteiger partial charge on any atom is 0.0639 e. The molecule has 0 saturated carbocycles. The third kappa shape index (κ3) is 6.33. The lowest BCUT2D eigenvalue weighted by Gasteiger charge is -2.38. The SMILES string of the molecule is C=N/N=C(\CN(c1ccccc1)c1ccccc1)C(CC(C)(C)C)C(C)(C)C. The van der Waals surface area contributed by atoms with Gasteiger partial charge in [0.1, 0.15) is 0 Å². The minimum atomic E-state index is 0.0792. The lowest BCUT2D eigenvalue weighted by Crippen LogP contribution is -2.38. The van der Waals surface area contributed by atoms with Gasteiger partial charge in [-0.2, -0.15) is 10.2 Å². The second kappa shape index (κ2) is 9.18. The van der Waals surface area contributed by atoms with E-state index in [-0.39, 0.29) is 10.8 Å². The van der Waals surface area contributed by atoms with Crippen molar-refractivity contribution in [1.82, 2.24) is 0 Å². The average molecular weight is 378 g/mol. The molecule has 28 heavy (non-hydrogen) atoms. The summed E-state index contributed by atoms with van der Waals surface area (Å²) in [4.78, 5) is 2.31. The predicted octanol–water partition coefficient (Wildman–Crippen LogP) is 6.98. The van der Waals surface area contributed by atoms with Crippen molar-refractivity contribution in [3.8, 4) is 0 Å². The molecule has 0 bridgehead atoms. The van der Waals surface area contributed by atoms with E-state index in [2.05, 4.69) is 112 Å². The maximum absolute atomic E-state index is 4.55. The van der Waals surface area contributed by atoms with Crippen molar-refractivity contribution in [3.05, 3.63) is 60.7 Å². The van der Waals surface area contributed by atoms with E-state index in [0.717, 1.165) is 23.5 Å². The molecule has 2 aromatic rings. The summed E-state index contributed by atoms with van der Waals surface area (Å²) >= 11 is 0. The Bertz CT molecular complexity index is 725. The van der Waals surface area contributed by atoms with Gasteiger partial charge in [-0.15, -0.1) is 0 Å². The highest BCUT2D eigenvalue weighted by Gasteiger charge is 2.34. The van der Waals surface area contributed by atoms with Crippen LogP contribution in [0.15, 0.2) is 70.9 Å². The monoisotopic (exact) mass is 377 g/mol. The molecule has 0 saturated heterocycles. The normalized spacial score (nSPS) is 13.9. The maximum atomic E-state index is 4.55. The molecule has 0 aliphatic heterocycles. The Balaban J connectivity index is 2.48. The first-order valence-corrected chi connectivity index (χ1v) is 10.0. The summed E-state index contributed by atoms with van der Waals surface area (Å²) in [5.74, 6) is 0.299. The minimum absolute atomic E-state index is 0.0792. The molecule has 0 N–H and O–H groups in total. The molecule has 0 aliphatic carbocycles. The van der Waals surface area contributed by atoms with Gasteiger partial charge in [0.25, 0.3) is 0 Å². The molecule has 0 heterocycles. The summed E-state index contributed by atoms with van der Waals surface area (Å²) in [6.45, 7) is 18.1. The van der Waals surface area contributed by atoms with Gasteiger partial charge in [0.2, 0.25) is 0 Å². The van der Waals surface area contributed by atoms with E-state index in [1.54, 1.807) is 0 Å². The number of hydrogen-bond acceptors (Lipinski definition) is 3. The second-order valence-corrected chi connectivity index (χ2v) is 9.67. The number of hydrogen-bond donors (Lipinski definition) is 0. The van der Waals surface area contributed by atoms with Crippen LogP contribution in [0.2, 0.25) is 0 Å². The van der Waals surface area contributed by atoms with Crippen molar-refractivity contribution >= 4 is 23.8 Å².